The van der Waals surface area contributed by atoms with E-state index < -0.39 is 61.2 Å². The molecule has 0 aliphatic carbocycles. The lowest BCUT2D eigenvalue weighted by Gasteiger charge is -2.41. The van der Waals surface area contributed by atoms with E-state index in [2.05, 4.69) is 15.5 Å². The van der Waals surface area contributed by atoms with E-state index in [-0.39, 0.29) is 11.7 Å². The van der Waals surface area contributed by atoms with Crippen LogP contribution < -0.4 is 20.3 Å². The summed E-state index contributed by atoms with van der Waals surface area (Å²) >= 11 is 11.8. The number of ether oxygens (including phenoxy) is 5. The van der Waals surface area contributed by atoms with Crippen LogP contribution in [0.1, 0.15) is 49.5 Å². The van der Waals surface area contributed by atoms with Gasteiger partial charge in [0.05, 0.1) is 0 Å². The van der Waals surface area contributed by atoms with E-state index in [1.54, 1.807) is 24.3 Å². The van der Waals surface area contributed by atoms with Crippen LogP contribution in [0.4, 0.5) is 21.5 Å². The largest absolute Gasteiger partial charge is 0.463 e. The number of carbonyl (C=O) groups is 5. The zero-order chi connectivity index (χ0) is 39.9. The predicted octanol–water partition coefficient (Wildman–Crippen LogP) is 6.05. The van der Waals surface area contributed by atoms with Crippen molar-refractivity contribution in [2.24, 2.45) is 0 Å². The molecule has 0 saturated carbocycles. The molecule has 55 heavy (non-hydrogen) atoms. The molecule has 3 aromatic rings. The average Bonchev–Trinajstić information content (AvgIpc) is 3.14. The van der Waals surface area contributed by atoms with Gasteiger partial charge in [-0.1, -0.05) is 12.1 Å². The summed E-state index contributed by atoms with van der Waals surface area (Å²) in [4.78, 5) is 62.6. The van der Waals surface area contributed by atoms with E-state index in [9.17, 15) is 24.0 Å². The van der Waals surface area contributed by atoms with Crippen molar-refractivity contribution in [1.82, 2.24) is 0 Å². The fraction of sp³-hybridized carbons (Fsp3) is 0.410. The fourth-order valence-electron chi connectivity index (χ4n) is 5.74. The maximum Gasteiger partial charge on any atom is 0.303 e. The van der Waals surface area contributed by atoms with Crippen LogP contribution in [0.3, 0.4) is 0 Å². The zero-order valence-corrected chi connectivity index (χ0v) is 32.1. The number of alkyl halides is 3. The molecule has 2 N–H and O–H groups in total. The summed E-state index contributed by atoms with van der Waals surface area (Å²) in [7, 11) is 0. The summed E-state index contributed by atoms with van der Waals surface area (Å²) in [5, 5.41) is 5.61. The lowest BCUT2D eigenvalue weighted by Crippen LogP contribution is -2.61. The number of rotatable bonds is 18. The van der Waals surface area contributed by atoms with Gasteiger partial charge in [-0.25, -0.2) is 4.39 Å². The molecule has 1 aliphatic rings. The SMILES string of the molecule is CC(=O)OC[C@H]1O[C@@H](Oc2ccc(NC(=O)c3ccc(NC(=O)CCCc4ccc(N(CCCl)CCCl)cc4)cc3)cc2)[C@H](F)[C@@H](OC(C)=O)[C@@H]1OC(C)=O. The smallest absolute Gasteiger partial charge is 0.303 e. The quantitative estimate of drug-likeness (QED) is 0.0876. The highest BCUT2D eigenvalue weighted by atomic mass is 35.5. The molecule has 0 unspecified atom stereocenters. The van der Waals surface area contributed by atoms with E-state index in [0.717, 1.165) is 38.4 Å². The third-order valence-corrected chi connectivity index (χ3v) is 8.64. The molecule has 296 valence electrons. The first-order valence-electron chi connectivity index (χ1n) is 17.6. The molecule has 3 aromatic carbocycles. The van der Waals surface area contributed by atoms with Gasteiger partial charge in [0, 0.05) is 74.7 Å². The predicted molar refractivity (Wildman–Crippen MR) is 204 cm³/mol. The number of carbonyl (C=O) groups excluding carboxylic acids is 5. The summed E-state index contributed by atoms with van der Waals surface area (Å²) in [6.45, 7) is 4.30. The highest BCUT2D eigenvalue weighted by molar-refractivity contribution is 6.18. The van der Waals surface area contributed by atoms with Gasteiger partial charge in [0.15, 0.2) is 12.2 Å². The number of benzene rings is 3. The second-order valence-electron chi connectivity index (χ2n) is 12.5. The van der Waals surface area contributed by atoms with Crippen molar-refractivity contribution in [2.45, 2.75) is 70.8 Å². The number of nitrogens with one attached hydrogen (secondary N) is 2. The standard InChI is InChI=1S/C39H44Cl2FN3O10/c1-24(46)51-23-33-36(52-25(2)47)37(53-26(3)48)35(42)39(55-33)54-32-17-13-30(14-18-32)44-38(50)28-9-11-29(12-10-28)43-34(49)6-4-5-27-7-15-31(16-8-27)45(21-19-40)22-20-41/h7-18,33,35-37,39H,4-6,19-23H2,1-3H3,(H,43,49)(H,44,50)/t33-,35-,36-,37-,39-/m1/s1. The molecule has 0 spiro atoms. The number of hydrogen-bond acceptors (Lipinski definition) is 11. The molecule has 1 saturated heterocycles. The van der Waals surface area contributed by atoms with E-state index in [4.69, 9.17) is 46.9 Å². The number of aryl methyl sites for hydroxylation is 1. The minimum atomic E-state index is -2.10. The molecule has 2 amide bonds. The molecule has 16 heteroatoms. The molecule has 0 bridgehead atoms. The van der Waals surface area contributed by atoms with Gasteiger partial charge in [0.25, 0.3) is 5.91 Å². The Balaban J connectivity index is 1.27. The molecular formula is C39H44Cl2FN3O10. The van der Waals surface area contributed by atoms with Crippen LogP contribution in [-0.4, -0.2) is 92.0 Å². The summed E-state index contributed by atoms with van der Waals surface area (Å²) in [5.74, 6) is -1.70. The molecule has 1 aliphatic heterocycles. The Bertz CT molecular complexity index is 1740. The molecule has 4 rings (SSSR count). The Morgan fingerprint density at radius 3 is 1.93 bits per heavy atom. The van der Waals surface area contributed by atoms with Gasteiger partial charge in [0.2, 0.25) is 18.4 Å². The van der Waals surface area contributed by atoms with Crippen LogP contribution in [0.25, 0.3) is 0 Å². The van der Waals surface area contributed by atoms with E-state index in [1.807, 2.05) is 24.3 Å². The Hall–Kier alpha value is -4.92. The van der Waals surface area contributed by atoms with Crippen molar-refractivity contribution < 1.29 is 52.0 Å². The van der Waals surface area contributed by atoms with Gasteiger partial charge in [-0.15, -0.1) is 23.2 Å². The monoisotopic (exact) mass is 803 g/mol. The van der Waals surface area contributed by atoms with Gasteiger partial charge < -0.3 is 39.2 Å². The molecule has 13 nitrogen and oxygen atoms in total. The molecule has 1 fully saturated rings. The first-order valence-corrected chi connectivity index (χ1v) is 18.6. The summed E-state index contributed by atoms with van der Waals surface area (Å²) < 4.78 is 42.3. The molecular weight excluding hydrogens is 760 g/mol. The highest BCUT2D eigenvalue weighted by Gasteiger charge is 2.52. The molecule has 0 radical (unpaired) electrons. The van der Waals surface area contributed by atoms with Gasteiger partial charge in [-0.2, -0.15) is 0 Å². The van der Waals surface area contributed by atoms with Crippen molar-refractivity contribution in [3.63, 3.8) is 0 Å². The lowest BCUT2D eigenvalue weighted by atomic mass is 9.99. The van der Waals surface area contributed by atoms with Crippen molar-refractivity contribution in [3.8, 4) is 5.75 Å². The topological polar surface area (TPSA) is 159 Å². The Kier molecular flexibility index (Phi) is 16.5. The Labute approximate surface area is 328 Å². The number of anilines is 3. The van der Waals surface area contributed by atoms with Crippen LogP contribution in [0.2, 0.25) is 0 Å². The van der Waals surface area contributed by atoms with Crippen LogP contribution in [0.5, 0.6) is 5.75 Å². The number of esters is 3. The third kappa shape index (κ3) is 13.4. The Morgan fingerprint density at radius 1 is 0.764 bits per heavy atom. The maximum absolute atomic E-state index is 15.6. The van der Waals surface area contributed by atoms with E-state index >= 15 is 4.39 Å². The molecule has 0 aromatic heterocycles. The van der Waals surface area contributed by atoms with Gasteiger partial charge in [-0.05, 0) is 79.1 Å². The zero-order valence-electron chi connectivity index (χ0n) is 30.6. The minimum Gasteiger partial charge on any atom is -0.463 e. The minimum absolute atomic E-state index is 0.134. The average molecular weight is 805 g/mol. The third-order valence-electron chi connectivity index (χ3n) is 8.30. The number of hydrogen-bond donors (Lipinski definition) is 2. The second kappa shape index (κ2) is 21.2. The van der Waals surface area contributed by atoms with Crippen LogP contribution in [0, 0.1) is 0 Å². The maximum atomic E-state index is 15.6. The van der Waals surface area contributed by atoms with Gasteiger partial charge in [0.1, 0.15) is 18.5 Å². The van der Waals surface area contributed by atoms with Crippen LogP contribution in [0.15, 0.2) is 72.8 Å². The van der Waals surface area contributed by atoms with E-state index in [0.29, 0.717) is 54.6 Å². The van der Waals surface area contributed by atoms with Crippen LogP contribution in [-0.2, 0) is 44.5 Å². The highest BCUT2D eigenvalue weighted by Crippen LogP contribution is 2.31. The second-order valence-corrected chi connectivity index (χ2v) is 13.3. The fourth-order valence-corrected chi connectivity index (χ4v) is 6.15. The van der Waals surface area contributed by atoms with Gasteiger partial charge in [-0.3, -0.25) is 24.0 Å². The molecule has 5 atom stereocenters. The molecule has 1 heterocycles. The normalized spacial score (nSPS) is 19.1. The van der Waals surface area contributed by atoms with E-state index in [1.165, 1.54) is 24.3 Å². The summed E-state index contributed by atoms with van der Waals surface area (Å²) in [6, 6.07) is 20.5. The van der Waals surface area contributed by atoms with Crippen molar-refractivity contribution >= 4 is 70.0 Å². The van der Waals surface area contributed by atoms with Crippen molar-refractivity contribution in [3.05, 3.63) is 83.9 Å². The summed E-state index contributed by atoms with van der Waals surface area (Å²) in [6.07, 6.45) is -6.28. The first kappa shape index (κ1) is 42.8. The summed E-state index contributed by atoms with van der Waals surface area (Å²) in [5.41, 5.74) is 3.46. The van der Waals surface area contributed by atoms with Gasteiger partial charge >= 0.3 is 17.9 Å². The van der Waals surface area contributed by atoms with Crippen molar-refractivity contribution in [2.75, 3.05) is 47.0 Å². The Morgan fingerprint density at radius 2 is 1.35 bits per heavy atom. The lowest BCUT2D eigenvalue weighted by molar-refractivity contribution is -0.271. The van der Waals surface area contributed by atoms with Crippen LogP contribution >= 0.6 is 23.2 Å². The number of halogens is 3. The number of nitrogens with zero attached hydrogens (tertiary/aromatic N) is 1. The van der Waals surface area contributed by atoms with Crippen molar-refractivity contribution in [1.29, 1.82) is 0 Å². The number of amides is 2. The first-order chi connectivity index (χ1) is 26.4.